The predicted octanol–water partition coefficient (Wildman–Crippen LogP) is -0.961. The average molecular weight is 228 g/mol. The van der Waals surface area contributed by atoms with Crippen LogP contribution in [-0.2, 0) is 4.79 Å². The van der Waals surface area contributed by atoms with Crippen molar-refractivity contribution in [1.82, 2.24) is 14.7 Å². The van der Waals surface area contributed by atoms with Crippen LogP contribution in [0.2, 0.25) is 0 Å². The molecule has 1 unspecified atom stereocenters. The molecule has 0 radical (unpaired) electrons. The van der Waals surface area contributed by atoms with Gasteiger partial charge in [-0.25, -0.2) is 0 Å². The lowest BCUT2D eigenvalue weighted by molar-refractivity contribution is -0.135. The number of carbonyl (C=O) groups excluding carboxylic acids is 1. The molecule has 1 rings (SSSR count). The van der Waals surface area contributed by atoms with Crippen LogP contribution in [0.1, 0.15) is 6.42 Å². The number of nitrogens with two attached hydrogens (primary N) is 1. The van der Waals surface area contributed by atoms with E-state index >= 15 is 0 Å². The molecule has 16 heavy (non-hydrogen) atoms. The van der Waals surface area contributed by atoms with Crippen molar-refractivity contribution in [1.29, 1.82) is 0 Å². The standard InChI is InChI=1S/C11H24N4O/c1-13(2)5-4-11(16)15-7-6-14(3)9-10(15)8-12/h10H,4-9,12H2,1-3H3. The summed E-state index contributed by atoms with van der Waals surface area (Å²) in [7, 11) is 6.04. The van der Waals surface area contributed by atoms with Crippen molar-refractivity contribution < 1.29 is 4.79 Å². The molecule has 1 atom stereocenters. The Morgan fingerprint density at radius 1 is 1.44 bits per heavy atom. The summed E-state index contributed by atoms with van der Waals surface area (Å²) < 4.78 is 0. The first-order chi connectivity index (χ1) is 7.54. The lowest BCUT2D eigenvalue weighted by atomic mass is 10.1. The van der Waals surface area contributed by atoms with Crippen LogP contribution >= 0.6 is 0 Å². The van der Waals surface area contributed by atoms with Crippen molar-refractivity contribution in [2.24, 2.45) is 5.73 Å². The van der Waals surface area contributed by atoms with Crippen molar-refractivity contribution in [3.63, 3.8) is 0 Å². The Bertz CT molecular complexity index is 232. The highest BCUT2D eigenvalue weighted by molar-refractivity contribution is 5.76. The van der Waals surface area contributed by atoms with E-state index in [0.717, 1.165) is 26.2 Å². The maximum atomic E-state index is 12.0. The minimum atomic E-state index is 0.188. The Labute approximate surface area is 98.2 Å². The van der Waals surface area contributed by atoms with E-state index in [9.17, 15) is 4.79 Å². The fourth-order valence-electron chi connectivity index (χ4n) is 2.00. The highest BCUT2D eigenvalue weighted by Gasteiger charge is 2.27. The van der Waals surface area contributed by atoms with E-state index in [1.165, 1.54) is 0 Å². The van der Waals surface area contributed by atoms with E-state index in [0.29, 0.717) is 13.0 Å². The van der Waals surface area contributed by atoms with Gasteiger partial charge in [0.05, 0.1) is 6.04 Å². The summed E-state index contributed by atoms with van der Waals surface area (Å²) >= 11 is 0. The molecule has 94 valence electrons. The van der Waals surface area contributed by atoms with Crippen molar-refractivity contribution in [3.8, 4) is 0 Å². The van der Waals surface area contributed by atoms with Gasteiger partial charge in [-0.3, -0.25) is 4.79 Å². The number of rotatable bonds is 4. The van der Waals surface area contributed by atoms with Crippen molar-refractivity contribution in [2.75, 3.05) is 53.9 Å². The molecule has 2 N–H and O–H groups in total. The van der Waals surface area contributed by atoms with Gasteiger partial charge in [0.1, 0.15) is 0 Å². The molecule has 0 spiro atoms. The molecule has 0 aliphatic carbocycles. The molecule has 1 aliphatic rings. The first kappa shape index (κ1) is 13.4. The topological polar surface area (TPSA) is 52.8 Å². The predicted molar refractivity (Wildman–Crippen MR) is 65.2 cm³/mol. The van der Waals surface area contributed by atoms with E-state index < -0.39 is 0 Å². The van der Waals surface area contributed by atoms with Gasteiger partial charge in [0.25, 0.3) is 0 Å². The van der Waals surface area contributed by atoms with Gasteiger partial charge in [-0.05, 0) is 21.1 Å². The molecule has 5 nitrogen and oxygen atoms in total. The number of likely N-dealkylation sites (N-methyl/N-ethyl adjacent to an activating group) is 1. The third-order valence-electron chi connectivity index (χ3n) is 3.05. The zero-order valence-corrected chi connectivity index (χ0v) is 10.6. The Kier molecular flexibility index (Phi) is 5.18. The van der Waals surface area contributed by atoms with Gasteiger partial charge in [0.15, 0.2) is 0 Å². The second kappa shape index (κ2) is 6.18. The monoisotopic (exact) mass is 228 g/mol. The van der Waals surface area contributed by atoms with Crippen LogP contribution in [0.4, 0.5) is 0 Å². The van der Waals surface area contributed by atoms with E-state index in [1.807, 2.05) is 23.9 Å². The SMILES string of the molecule is CN(C)CCC(=O)N1CCN(C)CC1CN. The van der Waals surface area contributed by atoms with Crippen molar-refractivity contribution in [3.05, 3.63) is 0 Å². The molecule has 5 heteroatoms. The van der Waals surface area contributed by atoms with Crippen molar-refractivity contribution in [2.45, 2.75) is 12.5 Å². The number of amides is 1. The summed E-state index contributed by atoms with van der Waals surface area (Å²) in [6.07, 6.45) is 0.590. The maximum Gasteiger partial charge on any atom is 0.224 e. The van der Waals surface area contributed by atoms with Gasteiger partial charge < -0.3 is 20.4 Å². The minimum absolute atomic E-state index is 0.188. The van der Waals surface area contributed by atoms with E-state index in [4.69, 9.17) is 5.73 Å². The van der Waals surface area contributed by atoms with Gasteiger partial charge in [-0.1, -0.05) is 0 Å². The van der Waals surface area contributed by atoms with Gasteiger partial charge in [0.2, 0.25) is 5.91 Å². The molecular weight excluding hydrogens is 204 g/mol. The van der Waals surface area contributed by atoms with Crippen LogP contribution in [0.3, 0.4) is 0 Å². The Morgan fingerprint density at radius 2 is 2.12 bits per heavy atom. The molecule has 0 aromatic heterocycles. The molecule has 0 bridgehead atoms. The summed E-state index contributed by atoms with van der Waals surface area (Å²) in [6.45, 7) is 4.01. The zero-order valence-electron chi connectivity index (χ0n) is 10.6. The quantitative estimate of drug-likeness (QED) is 0.673. The Morgan fingerprint density at radius 3 is 2.69 bits per heavy atom. The number of hydrogen-bond donors (Lipinski definition) is 1. The van der Waals surface area contributed by atoms with E-state index in [1.54, 1.807) is 0 Å². The third kappa shape index (κ3) is 3.73. The molecule has 1 saturated heterocycles. The number of hydrogen-bond acceptors (Lipinski definition) is 4. The van der Waals surface area contributed by atoms with Crippen LogP contribution in [0.5, 0.6) is 0 Å². The average Bonchev–Trinajstić information content (AvgIpc) is 2.25. The van der Waals surface area contributed by atoms with Crippen molar-refractivity contribution >= 4 is 5.91 Å². The van der Waals surface area contributed by atoms with Crippen LogP contribution in [-0.4, -0.2) is 80.5 Å². The van der Waals surface area contributed by atoms with Gasteiger partial charge >= 0.3 is 0 Å². The summed E-state index contributed by atoms with van der Waals surface area (Å²) in [4.78, 5) is 18.2. The molecular formula is C11H24N4O. The lowest BCUT2D eigenvalue weighted by Gasteiger charge is -2.39. The van der Waals surface area contributed by atoms with Crippen LogP contribution in [0, 0.1) is 0 Å². The second-order valence-electron chi connectivity index (χ2n) is 4.79. The minimum Gasteiger partial charge on any atom is -0.336 e. The zero-order chi connectivity index (χ0) is 12.1. The van der Waals surface area contributed by atoms with Gasteiger partial charge in [-0.2, -0.15) is 0 Å². The van der Waals surface area contributed by atoms with Gasteiger partial charge in [0, 0.05) is 39.1 Å². The normalized spacial score (nSPS) is 22.8. The fourth-order valence-corrected chi connectivity index (χ4v) is 2.00. The van der Waals surface area contributed by atoms with Crippen LogP contribution in [0.25, 0.3) is 0 Å². The summed E-state index contributed by atoms with van der Waals surface area (Å²) in [6, 6.07) is 0.188. The first-order valence-electron chi connectivity index (χ1n) is 5.87. The smallest absolute Gasteiger partial charge is 0.224 e. The van der Waals surface area contributed by atoms with Gasteiger partial charge in [-0.15, -0.1) is 0 Å². The molecule has 0 aromatic carbocycles. The largest absolute Gasteiger partial charge is 0.336 e. The highest BCUT2D eigenvalue weighted by atomic mass is 16.2. The second-order valence-corrected chi connectivity index (χ2v) is 4.79. The lowest BCUT2D eigenvalue weighted by Crippen LogP contribution is -2.57. The Balaban J connectivity index is 2.47. The van der Waals surface area contributed by atoms with Crippen LogP contribution in [0.15, 0.2) is 0 Å². The van der Waals surface area contributed by atoms with E-state index in [-0.39, 0.29) is 11.9 Å². The highest BCUT2D eigenvalue weighted by Crippen LogP contribution is 2.09. The first-order valence-corrected chi connectivity index (χ1v) is 5.87. The molecule has 0 saturated carbocycles. The Hall–Kier alpha value is -0.650. The number of piperazine rings is 1. The molecule has 0 aromatic rings. The molecule has 1 amide bonds. The summed E-state index contributed by atoms with van der Waals surface area (Å²) in [5.41, 5.74) is 5.72. The number of nitrogens with zero attached hydrogens (tertiary/aromatic N) is 3. The molecule has 1 heterocycles. The summed E-state index contributed by atoms with van der Waals surface area (Å²) in [5.74, 6) is 0.234. The molecule has 1 aliphatic heterocycles. The number of carbonyl (C=O) groups is 1. The van der Waals surface area contributed by atoms with Crippen LogP contribution < -0.4 is 5.73 Å². The third-order valence-corrected chi connectivity index (χ3v) is 3.05. The molecule has 1 fully saturated rings. The summed E-state index contributed by atoms with van der Waals surface area (Å²) in [5, 5.41) is 0. The fraction of sp³-hybridized carbons (Fsp3) is 0.909. The van der Waals surface area contributed by atoms with E-state index in [2.05, 4.69) is 11.9 Å². The maximum absolute atomic E-state index is 12.0.